The zero-order valence-electron chi connectivity index (χ0n) is 13.5. The summed E-state index contributed by atoms with van der Waals surface area (Å²) in [6, 6.07) is 14.8. The van der Waals surface area contributed by atoms with Gasteiger partial charge in [0.2, 0.25) is 0 Å². The smallest absolute Gasteiger partial charge is 0.414 e. The Balaban J connectivity index is 2.03. The zero-order chi connectivity index (χ0) is 17.1. The van der Waals surface area contributed by atoms with Crippen molar-refractivity contribution >= 4 is 23.6 Å². The predicted octanol–water partition coefficient (Wildman–Crippen LogP) is 3.74. The number of nitrogens with one attached hydrogen (secondary N) is 1. The summed E-state index contributed by atoms with van der Waals surface area (Å²) in [5.74, 6) is 0. The van der Waals surface area contributed by atoms with Crippen LogP contribution in [0.2, 0.25) is 0 Å². The average molecular weight is 326 g/mol. The van der Waals surface area contributed by atoms with E-state index >= 15 is 0 Å². The lowest BCUT2D eigenvalue weighted by molar-refractivity contribution is 0.176. The second-order valence-corrected chi connectivity index (χ2v) is 5.39. The maximum atomic E-state index is 12.3. The molecule has 0 aromatic heterocycles. The molecule has 0 aliphatic carbocycles. The standard InChI is InChI=1S/C18H18N2O4/c1-23-17(21)19-14-9-5-4-8-13(14)16-11-12-7-3-6-10-15(12)20(16)18(22)24-2/h3-10,16H,11H2,1-2H3,(H,19,21). The maximum Gasteiger partial charge on any atom is 0.414 e. The first-order chi connectivity index (χ1) is 11.7. The fraction of sp³-hybridized carbons (Fsp3) is 0.222. The lowest BCUT2D eigenvalue weighted by atomic mass is 10.0. The van der Waals surface area contributed by atoms with Gasteiger partial charge in [-0.3, -0.25) is 10.2 Å². The number of para-hydroxylation sites is 2. The fourth-order valence-electron chi connectivity index (χ4n) is 3.02. The van der Waals surface area contributed by atoms with Gasteiger partial charge in [0.25, 0.3) is 0 Å². The molecule has 2 aromatic carbocycles. The second-order valence-electron chi connectivity index (χ2n) is 5.39. The van der Waals surface area contributed by atoms with Gasteiger partial charge in [-0.2, -0.15) is 0 Å². The van der Waals surface area contributed by atoms with Crippen LogP contribution in [0.25, 0.3) is 0 Å². The Hall–Kier alpha value is -3.02. The number of carbonyl (C=O) groups is 2. The van der Waals surface area contributed by atoms with Crippen molar-refractivity contribution in [2.24, 2.45) is 0 Å². The molecule has 2 aromatic rings. The van der Waals surface area contributed by atoms with Gasteiger partial charge in [-0.15, -0.1) is 0 Å². The average Bonchev–Trinajstić information content (AvgIpc) is 3.00. The Bertz CT molecular complexity index is 775. The Morgan fingerprint density at radius 3 is 2.50 bits per heavy atom. The number of rotatable bonds is 2. The van der Waals surface area contributed by atoms with Crippen LogP contribution in [0.5, 0.6) is 0 Å². The van der Waals surface area contributed by atoms with Gasteiger partial charge in [0.1, 0.15) is 0 Å². The number of hydrogen-bond donors (Lipinski definition) is 1. The molecular weight excluding hydrogens is 308 g/mol. The number of benzene rings is 2. The summed E-state index contributed by atoms with van der Waals surface area (Å²) < 4.78 is 9.63. The molecule has 24 heavy (non-hydrogen) atoms. The van der Waals surface area contributed by atoms with Gasteiger partial charge in [0.15, 0.2) is 0 Å². The third-order valence-corrected chi connectivity index (χ3v) is 4.09. The van der Waals surface area contributed by atoms with Crippen LogP contribution in [0.15, 0.2) is 48.5 Å². The van der Waals surface area contributed by atoms with E-state index < -0.39 is 12.2 Å². The molecule has 1 unspecified atom stereocenters. The third kappa shape index (κ3) is 2.78. The van der Waals surface area contributed by atoms with Gasteiger partial charge in [-0.25, -0.2) is 9.59 Å². The highest BCUT2D eigenvalue weighted by molar-refractivity contribution is 5.93. The minimum atomic E-state index is -0.553. The number of hydrogen-bond acceptors (Lipinski definition) is 4. The first kappa shape index (κ1) is 15.9. The molecule has 0 saturated heterocycles. The van der Waals surface area contributed by atoms with Crippen molar-refractivity contribution in [2.45, 2.75) is 12.5 Å². The van der Waals surface area contributed by atoms with Crippen LogP contribution in [-0.4, -0.2) is 26.4 Å². The summed E-state index contributed by atoms with van der Waals surface area (Å²) in [5, 5.41) is 2.70. The number of carbonyl (C=O) groups excluding carboxylic acids is 2. The van der Waals surface area contributed by atoms with E-state index in [-0.39, 0.29) is 6.04 Å². The molecule has 124 valence electrons. The molecular formula is C18H18N2O4. The fourth-order valence-corrected chi connectivity index (χ4v) is 3.02. The third-order valence-electron chi connectivity index (χ3n) is 4.09. The van der Waals surface area contributed by atoms with Crippen LogP contribution in [0.3, 0.4) is 0 Å². The number of fused-ring (bicyclic) bond motifs is 1. The van der Waals surface area contributed by atoms with Crippen LogP contribution in [0.4, 0.5) is 21.0 Å². The molecule has 6 heteroatoms. The summed E-state index contributed by atoms with van der Waals surface area (Å²) >= 11 is 0. The molecule has 1 heterocycles. The zero-order valence-corrected chi connectivity index (χ0v) is 13.5. The van der Waals surface area contributed by atoms with Crippen molar-refractivity contribution in [3.63, 3.8) is 0 Å². The molecule has 2 amide bonds. The van der Waals surface area contributed by atoms with Gasteiger partial charge in [-0.05, 0) is 29.7 Å². The van der Waals surface area contributed by atoms with E-state index in [9.17, 15) is 9.59 Å². The van der Waals surface area contributed by atoms with Crippen LogP contribution in [0.1, 0.15) is 17.2 Å². The van der Waals surface area contributed by atoms with Crippen molar-refractivity contribution in [3.05, 3.63) is 59.7 Å². The molecule has 0 fully saturated rings. The largest absolute Gasteiger partial charge is 0.453 e. The highest BCUT2D eigenvalue weighted by atomic mass is 16.5. The van der Waals surface area contributed by atoms with Crippen LogP contribution in [0, 0.1) is 0 Å². The van der Waals surface area contributed by atoms with Gasteiger partial charge in [0.05, 0.1) is 25.9 Å². The molecule has 1 aliphatic rings. The number of nitrogens with zero attached hydrogens (tertiary/aromatic N) is 1. The van der Waals surface area contributed by atoms with Crippen molar-refractivity contribution in [1.82, 2.24) is 0 Å². The summed E-state index contributed by atoms with van der Waals surface area (Å²) in [6.45, 7) is 0. The van der Waals surface area contributed by atoms with Gasteiger partial charge in [0, 0.05) is 5.69 Å². The summed E-state index contributed by atoms with van der Waals surface area (Å²) in [5.41, 5.74) is 3.31. The topological polar surface area (TPSA) is 67.9 Å². The lowest BCUT2D eigenvalue weighted by Gasteiger charge is -2.26. The molecule has 1 atom stereocenters. The highest BCUT2D eigenvalue weighted by Crippen LogP contribution is 2.42. The number of anilines is 2. The van der Waals surface area contributed by atoms with Crippen molar-refractivity contribution in [3.8, 4) is 0 Å². The van der Waals surface area contributed by atoms with Crippen molar-refractivity contribution < 1.29 is 19.1 Å². The summed E-state index contributed by atoms with van der Waals surface area (Å²) in [6.07, 6.45) is -0.342. The molecule has 1 aliphatic heterocycles. The minimum absolute atomic E-state index is 0.261. The highest BCUT2D eigenvalue weighted by Gasteiger charge is 2.36. The van der Waals surface area contributed by atoms with Crippen LogP contribution < -0.4 is 10.2 Å². The van der Waals surface area contributed by atoms with E-state index in [0.29, 0.717) is 12.1 Å². The van der Waals surface area contributed by atoms with Gasteiger partial charge in [-0.1, -0.05) is 36.4 Å². The number of methoxy groups -OCH3 is 2. The Labute approximate surface area is 140 Å². The molecule has 3 rings (SSSR count). The van der Waals surface area contributed by atoms with Crippen LogP contribution in [-0.2, 0) is 15.9 Å². The first-order valence-corrected chi connectivity index (χ1v) is 7.54. The van der Waals surface area contributed by atoms with E-state index in [1.165, 1.54) is 14.2 Å². The summed E-state index contributed by atoms with van der Waals surface area (Å²) in [4.78, 5) is 25.6. The minimum Gasteiger partial charge on any atom is -0.453 e. The van der Waals surface area contributed by atoms with Crippen LogP contribution >= 0.6 is 0 Å². The second kappa shape index (κ2) is 6.62. The van der Waals surface area contributed by atoms with E-state index in [1.54, 1.807) is 11.0 Å². The molecule has 0 saturated carbocycles. The Kier molecular flexibility index (Phi) is 4.37. The van der Waals surface area contributed by atoms with E-state index in [0.717, 1.165) is 16.8 Å². The first-order valence-electron chi connectivity index (χ1n) is 7.54. The van der Waals surface area contributed by atoms with E-state index in [4.69, 9.17) is 4.74 Å². The Morgan fingerprint density at radius 2 is 1.75 bits per heavy atom. The maximum absolute atomic E-state index is 12.3. The Morgan fingerprint density at radius 1 is 1.04 bits per heavy atom. The molecule has 0 radical (unpaired) electrons. The van der Waals surface area contributed by atoms with E-state index in [2.05, 4.69) is 10.1 Å². The molecule has 6 nitrogen and oxygen atoms in total. The van der Waals surface area contributed by atoms with Crippen molar-refractivity contribution in [1.29, 1.82) is 0 Å². The van der Waals surface area contributed by atoms with E-state index in [1.807, 2.05) is 42.5 Å². The summed E-state index contributed by atoms with van der Waals surface area (Å²) in [7, 11) is 2.67. The quantitative estimate of drug-likeness (QED) is 0.913. The molecule has 0 spiro atoms. The van der Waals surface area contributed by atoms with Crippen molar-refractivity contribution in [2.75, 3.05) is 24.4 Å². The monoisotopic (exact) mass is 326 g/mol. The molecule has 1 N–H and O–H groups in total. The number of ether oxygens (including phenoxy) is 2. The van der Waals surface area contributed by atoms with Gasteiger partial charge < -0.3 is 9.47 Å². The SMILES string of the molecule is COC(=O)Nc1ccccc1C1Cc2ccccc2N1C(=O)OC. The number of amides is 2. The predicted molar refractivity (Wildman–Crippen MR) is 90.2 cm³/mol. The normalized spacial score (nSPS) is 15.6. The molecule has 0 bridgehead atoms. The van der Waals surface area contributed by atoms with Gasteiger partial charge >= 0.3 is 12.2 Å². The lowest BCUT2D eigenvalue weighted by Crippen LogP contribution is -2.32.